The third-order valence-corrected chi connectivity index (χ3v) is 3.45. The fourth-order valence-electron chi connectivity index (χ4n) is 2.41. The Labute approximate surface area is 125 Å². The molecule has 0 spiro atoms. The second kappa shape index (κ2) is 7.40. The molecule has 2 unspecified atom stereocenters. The highest BCUT2D eigenvalue weighted by Crippen LogP contribution is 2.23. The molecule has 7 heteroatoms. The first-order chi connectivity index (χ1) is 10.1. The van der Waals surface area contributed by atoms with E-state index in [-0.39, 0.29) is 6.10 Å². The third-order valence-electron chi connectivity index (χ3n) is 3.45. The molecule has 0 saturated carbocycles. The Bertz CT molecular complexity index is 455. The lowest BCUT2D eigenvalue weighted by Crippen LogP contribution is -2.24. The average Bonchev–Trinajstić information content (AvgIpc) is 2.91. The van der Waals surface area contributed by atoms with E-state index in [1.54, 1.807) is 7.05 Å². The molecule has 1 aliphatic rings. The zero-order chi connectivity index (χ0) is 15.2. The topological polar surface area (TPSA) is 81.2 Å². The first-order valence-corrected chi connectivity index (χ1v) is 7.58. The van der Waals surface area contributed by atoms with Crippen molar-refractivity contribution >= 4 is 11.9 Å². The highest BCUT2D eigenvalue weighted by atomic mass is 16.5. The molecule has 2 rings (SSSR count). The summed E-state index contributed by atoms with van der Waals surface area (Å²) in [5.74, 6) is 1.53. The van der Waals surface area contributed by atoms with Crippen LogP contribution in [0, 0.1) is 5.92 Å². The first-order valence-electron chi connectivity index (χ1n) is 7.58. The number of nitrogens with one attached hydrogen (secondary N) is 2. The molecule has 0 aliphatic carbocycles. The van der Waals surface area contributed by atoms with Gasteiger partial charge in [0.25, 0.3) is 0 Å². The van der Waals surface area contributed by atoms with Gasteiger partial charge in [-0.2, -0.15) is 15.0 Å². The van der Waals surface area contributed by atoms with E-state index in [2.05, 4.69) is 32.5 Å². The van der Waals surface area contributed by atoms with Crippen molar-refractivity contribution < 1.29 is 9.47 Å². The molecule has 0 radical (unpaired) electrons. The molecule has 0 amide bonds. The lowest BCUT2D eigenvalue weighted by Gasteiger charge is -2.17. The molecular weight excluding hydrogens is 270 g/mol. The second-order valence-electron chi connectivity index (χ2n) is 5.43. The number of aromatic nitrogens is 3. The van der Waals surface area contributed by atoms with Crippen LogP contribution in [0.2, 0.25) is 0 Å². The number of ether oxygens (including phenoxy) is 2. The summed E-state index contributed by atoms with van der Waals surface area (Å²) < 4.78 is 11.2. The maximum absolute atomic E-state index is 5.69. The van der Waals surface area contributed by atoms with Gasteiger partial charge in [0, 0.05) is 26.1 Å². The van der Waals surface area contributed by atoms with Crippen LogP contribution in [-0.4, -0.2) is 47.4 Å². The van der Waals surface area contributed by atoms with Gasteiger partial charge in [-0.25, -0.2) is 0 Å². The Kier molecular flexibility index (Phi) is 5.55. The largest absolute Gasteiger partial charge is 0.461 e. The van der Waals surface area contributed by atoms with Gasteiger partial charge in [0.2, 0.25) is 11.9 Å². The van der Waals surface area contributed by atoms with Crippen LogP contribution < -0.4 is 15.4 Å². The van der Waals surface area contributed by atoms with Crippen molar-refractivity contribution in [2.75, 3.05) is 30.8 Å². The van der Waals surface area contributed by atoms with Crippen molar-refractivity contribution in [2.24, 2.45) is 5.92 Å². The Morgan fingerprint density at radius 2 is 2.05 bits per heavy atom. The van der Waals surface area contributed by atoms with Crippen LogP contribution in [-0.2, 0) is 4.74 Å². The lowest BCUT2D eigenvalue weighted by atomic mass is 10.00. The molecule has 0 bridgehead atoms. The fraction of sp³-hybridized carbons (Fsp3) is 0.786. The molecule has 1 aromatic rings. The van der Waals surface area contributed by atoms with E-state index in [1.165, 1.54) is 0 Å². The summed E-state index contributed by atoms with van der Waals surface area (Å²) >= 11 is 0. The minimum atomic E-state index is 0.0256. The molecule has 21 heavy (non-hydrogen) atoms. The van der Waals surface area contributed by atoms with Gasteiger partial charge in [-0.15, -0.1) is 0 Å². The number of rotatable bonds is 7. The predicted octanol–water partition coefficient (Wildman–Crippen LogP) is 1.93. The normalized spacial score (nSPS) is 21.6. The zero-order valence-corrected chi connectivity index (χ0v) is 13.2. The van der Waals surface area contributed by atoms with Gasteiger partial charge in [-0.05, 0) is 26.7 Å². The average molecular weight is 295 g/mol. The van der Waals surface area contributed by atoms with Gasteiger partial charge in [0.05, 0.1) is 12.2 Å². The maximum atomic E-state index is 5.69. The Morgan fingerprint density at radius 3 is 2.71 bits per heavy atom. The number of anilines is 2. The maximum Gasteiger partial charge on any atom is 0.323 e. The quantitative estimate of drug-likeness (QED) is 0.795. The summed E-state index contributed by atoms with van der Waals surface area (Å²) in [6.07, 6.45) is 2.46. The summed E-state index contributed by atoms with van der Waals surface area (Å²) in [4.78, 5) is 12.8. The predicted molar refractivity (Wildman–Crippen MR) is 81.8 cm³/mol. The van der Waals surface area contributed by atoms with Crippen LogP contribution in [0.3, 0.4) is 0 Å². The number of hydrogen-bond donors (Lipinski definition) is 2. The van der Waals surface area contributed by atoms with Crippen LogP contribution in [0.1, 0.15) is 33.6 Å². The minimum absolute atomic E-state index is 0.0256. The van der Waals surface area contributed by atoms with Gasteiger partial charge in [0.15, 0.2) is 0 Å². The Balaban J connectivity index is 2.01. The van der Waals surface area contributed by atoms with E-state index in [1.807, 2.05) is 13.8 Å². The molecular formula is C14H25N5O2. The SMILES string of the molecule is CCC1OCCC1CNc1nc(NC)nc(OC(C)C)n1. The zero-order valence-electron chi connectivity index (χ0n) is 13.2. The van der Waals surface area contributed by atoms with Crippen LogP contribution in [0.25, 0.3) is 0 Å². The fourth-order valence-corrected chi connectivity index (χ4v) is 2.41. The standard InChI is InChI=1S/C14H25N5O2/c1-5-11-10(6-7-20-11)8-16-13-17-12(15-4)18-14(19-13)21-9(2)3/h9-11H,5-8H2,1-4H3,(H2,15,16,17,18,19). The molecule has 1 aromatic heterocycles. The van der Waals surface area contributed by atoms with Gasteiger partial charge in [-0.1, -0.05) is 6.92 Å². The summed E-state index contributed by atoms with van der Waals surface area (Å²) in [6, 6.07) is 0.335. The molecule has 1 aliphatic heterocycles. The smallest absolute Gasteiger partial charge is 0.323 e. The molecule has 2 N–H and O–H groups in total. The van der Waals surface area contributed by atoms with Crippen molar-refractivity contribution in [3.05, 3.63) is 0 Å². The van der Waals surface area contributed by atoms with Crippen molar-refractivity contribution in [1.29, 1.82) is 0 Å². The van der Waals surface area contributed by atoms with E-state index in [4.69, 9.17) is 9.47 Å². The van der Waals surface area contributed by atoms with Crippen molar-refractivity contribution in [2.45, 2.75) is 45.8 Å². The van der Waals surface area contributed by atoms with Crippen LogP contribution in [0.15, 0.2) is 0 Å². The number of nitrogens with zero attached hydrogens (tertiary/aromatic N) is 3. The molecule has 1 fully saturated rings. The van der Waals surface area contributed by atoms with E-state index >= 15 is 0 Å². The third kappa shape index (κ3) is 4.42. The molecule has 1 saturated heterocycles. The van der Waals surface area contributed by atoms with Gasteiger partial charge < -0.3 is 20.1 Å². The monoisotopic (exact) mass is 295 g/mol. The van der Waals surface area contributed by atoms with E-state index in [0.29, 0.717) is 29.9 Å². The van der Waals surface area contributed by atoms with Gasteiger partial charge in [-0.3, -0.25) is 0 Å². The van der Waals surface area contributed by atoms with Crippen LogP contribution in [0.4, 0.5) is 11.9 Å². The van der Waals surface area contributed by atoms with Crippen LogP contribution in [0.5, 0.6) is 6.01 Å². The van der Waals surface area contributed by atoms with Crippen molar-refractivity contribution in [3.8, 4) is 6.01 Å². The summed E-state index contributed by atoms with van der Waals surface area (Å²) in [5.41, 5.74) is 0. The first kappa shape index (κ1) is 15.8. The minimum Gasteiger partial charge on any atom is -0.461 e. The van der Waals surface area contributed by atoms with E-state index in [0.717, 1.165) is 26.0 Å². The molecule has 0 aromatic carbocycles. The molecule has 118 valence electrons. The van der Waals surface area contributed by atoms with E-state index in [9.17, 15) is 0 Å². The lowest BCUT2D eigenvalue weighted by molar-refractivity contribution is 0.0900. The number of hydrogen-bond acceptors (Lipinski definition) is 7. The van der Waals surface area contributed by atoms with Gasteiger partial charge in [0.1, 0.15) is 0 Å². The second-order valence-corrected chi connectivity index (χ2v) is 5.43. The molecule has 2 heterocycles. The van der Waals surface area contributed by atoms with Crippen molar-refractivity contribution in [3.63, 3.8) is 0 Å². The highest BCUT2D eigenvalue weighted by molar-refractivity contribution is 5.35. The van der Waals surface area contributed by atoms with Crippen LogP contribution >= 0.6 is 0 Å². The van der Waals surface area contributed by atoms with Crippen molar-refractivity contribution in [1.82, 2.24) is 15.0 Å². The summed E-state index contributed by atoms with van der Waals surface area (Å²) in [5, 5.41) is 6.20. The molecule has 7 nitrogen and oxygen atoms in total. The Hall–Kier alpha value is -1.63. The van der Waals surface area contributed by atoms with E-state index < -0.39 is 0 Å². The summed E-state index contributed by atoms with van der Waals surface area (Å²) in [7, 11) is 1.77. The molecule has 2 atom stereocenters. The van der Waals surface area contributed by atoms with Gasteiger partial charge >= 0.3 is 6.01 Å². The highest BCUT2D eigenvalue weighted by Gasteiger charge is 2.26. The summed E-state index contributed by atoms with van der Waals surface area (Å²) in [6.45, 7) is 7.67. The Morgan fingerprint density at radius 1 is 1.29 bits per heavy atom.